The fourth-order valence-corrected chi connectivity index (χ4v) is 4.87. The summed E-state index contributed by atoms with van der Waals surface area (Å²) >= 11 is 7.88. The second-order valence-corrected chi connectivity index (χ2v) is 8.95. The lowest BCUT2D eigenvalue weighted by molar-refractivity contribution is -0.130. The molecule has 3 aromatic carbocycles. The Morgan fingerprint density at radius 2 is 1.84 bits per heavy atom. The number of hydrogen-bond acceptors (Lipinski definition) is 4. The van der Waals surface area contributed by atoms with Crippen molar-refractivity contribution < 1.29 is 4.79 Å². The van der Waals surface area contributed by atoms with Crippen LogP contribution in [0.5, 0.6) is 0 Å². The number of thioether (sulfide) groups is 1. The minimum absolute atomic E-state index is 0.0279. The third kappa shape index (κ3) is 4.60. The Labute approximate surface area is 189 Å². The van der Waals surface area contributed by atoms with Crippen molar-refractivity contribution in [2.75, 3.05) is 5.75 Å². The first-order chi connectivity index (χ1) is 14.9. The van der Waals surface area contributed by atoms with Crippen LogP contribution in [0.1, 0.15) is 19.7 Å². The Balaban J connectivity index is 1.55. The Morgan fingerprint density at radius 1 is 1.10 bits per heavy atom. The molecule has 158 valence electrons. The molecule has 0 aliphatic heterocycles. The van der Waals surface area contributed by atoms with E-state index in [0.717, 1.165) is 15.7 Å². The fourth-order valence-electron chi connectivity index (χ4n) is 3.53. The summed E-state index contributed by atoms with van der Waals surface area (Å²) in [4.78, 5) is 35.5. The van der Waals surface area contributed by atoms with Crippen molar-refractivity contribution in [3.8, 4) is 0 Å². The van der Waals surface area contributed by atoms with Gasteiger partial charge >= 0.3 is 0 Å². The second kappa shape index (κ2) is 9.12. The number of hydrogen-bond donors (Lipinski definition) is 1. The maximum absolute atomic E-state index is 13.1. The first-order valence-electron chi connectivity index (χ1n) is 10.0. The van der Waals surface area contributed by atoms with Crippen LogP contribution in [-0.4, -0.2) is 32.6 Å². The molecule has 7 heteroatoms. The molecule has 0 spiro atoms. The minimum Gasteiger partial charge on any atom is -0.332 e. The number of carbonyl (C=O) groups excluding carboxylic acids is 1. The number of aromatic nitrogens is 2. The highest BCUT2D eigenvalue weighted by Gasteiger charge is 2.20. The maximum atomic E-state index is 13.1. The van der Waals surface area contributed by atoms with E-state index in [1.165, 1.54) is 11.8 Å². The molecule has 1 N–H and O–H groups in total. The van der Waals surface area contributed by atoms with Gasteiger partial charge in [0, 0.05) is 21.3 Å². The first-order valence-corrected chi connectivity index (χ1v) is 11.4. The molecular formula is C24H22ClN3O2S. The van der Waals surface area contributed by atoms with Crippen LogP contribution in [0.2, 0.25) is 5.02 Å². The topological polar surface area (TPSA) is 66.1 Å². The van der Waals surface area contributed by atoms with Crippen molar-refractivity contribution in [3.05, 3.63) is 81.9 Å². The molecule has 1 aromatic heterocycles. The predicted octanol–water partition coefficient (Wildman–Crippen LogP) is 5.26. The van der Waals surface area contributed by atoms with E-state index in [0.29, 0.717) is 21.7 Å². The second-order valence-electron chi connectivity index (χ2n) is 7.53. The average molecular weight is 452 g/mol. The van der Waals surface area contributed by atoms with Crippen molar-refractivity contribution in [3.63, 3.8) is 0 Å². The molecule has 0 radical (unpaired) electrons. The first kappa shape index (κ1) is 21.4. The fraction of sp³-hybridized carbons (Fsp3) is 0.208. The van der Waals surface area contributed by atoms with Crippen LogP contribution in [0, 0.1) is 0 Å². The highest BCUT2D eigenvalue weighted by molar-refractivity contribution is 8.00. The minimum atomic E-state index is -0.198. The number of fused-ring (bicyclic) bond motifs is 2. The number of amides is 1. The van der Waals surface area contributed by atoms with Gasteiger partial charge in [-0.15, -0.1) is 11.8 Å². The van der Waals surface area contributed by atoms with Gasteiger partial charge in [0.1, 0.15) is 5.82 Å². The van der Waals surface area contributed by atoms with E-state index in [2.05, 4.69) is 9.97 Å². The number of nitrogens with zero attached hydrogens (tertiary/aromatic N) is 2. The molecule has 31 heavy (non-hydrogen) atoms. The molecule has 1 heterocycles. The molecule has 0 unspecified atom stereocenters. The Morgan fingerprint density at radius 3 is 2.61 bits per heavy atom. The molecule has 0 bridgehead atoms. The summed E-state index contributed by atoms with van der Waals surface area (Å²) in [5, 5.41) is 3.22. The van der Waals surface area contributed by atoms with Gasteiger partial charge in [-0.05, 0) is 43.5 Å². The van der Waals surface area contributed by atoms with E-state index in [1.807, 2.05) is 56.3 Å². The molecule has 0 saturated heterocycles. The van der Waals surface area contributed by atoms with Gasteiger partial charge in [-0.2, -0.15) is 0 Å². The van der Waals surface area contributed by atoms with Crippen LogP contribution < -0.4 is 5.56 Å². The summed E-state index contributed by atoms with van der Waals surface area (Å²) in [5.41, 5.74) is 0.425. The summed E-state index contributed by atoms with van der Waals surface area (Å²) in [5.74, 6) is 0.712. The van der Waals surface area contributed by atoms with Gasteiger partial charge in [0.25, 0.3) is 5.56 Å². The predicted molar refractivity (Wildman–Crippen MR) is 128 cm³/mol. The lowest BCUT2D eigenvalue weighted by atomic mass is 10.1. The molecule has 5 nitrogen and oxygen atoms in total. The van der Waals surface area contributed by atoms with Gasteiger partial charge in [-0.25, -0.2) is 4.98 Å². The van der Waals surface area contributed by atoms with E-state index >= 15 is 0 Å². The quantitative estimate of drug-likeness (QED) is 0.406. The van der Waals surface area contributed by atoms with Crippen LogP contribution in [0.25, 0.3) is 21.7 Å². The van der Waals surface area contributed by atoms with Gasteiger partial charge in [0.15, 0.2) is 0 Å². The number of carbonyl (C=O) groups is 1. The van der Waals surface area contributed by atoms with E-state index in [4.69, 9.17) is 11.6 Å². The van der Waals surface area contributed by atoms with E-state index in [9.17, 15) is 9.59 Å². The van der Waals surface area contributed by atoms with Crippen LogP contribution >= 0.6 is 23.4 Å². The number of rotatable bonds is 6. The van der Waals surface area contributed by atoms with Crippen molar-refractivity contribution in [1.82, 2.24) is 14.9 Å². The molecule has 0 aliphatic rings. The number of para-hydroxylation sites is 1. The van der Waals surface area contributed by atoms with Gasteiger partial charge in [-0.3, -0.25) is 9.59 Å². The van der Waals surface area contributed by atoms with Crippen LogP contribution in [0.3, 0.4) is 0 Å². The normalized spacial score (nSPS) is 11.4. The summed E-state index contributed by atoms with van der Waals surface area (Å²) in [6.07, 6.45) is 0. The summed E-state index contributed by atoms with van der Waals surface area (Å²) in [6.45, 7) is 4.15. The number of halogens is 1. The zero-order valence-corrected chi connectivity index (χ0v) is 18.8. The van der Waals surface area contributed by atoms with Crippen molar-refractivity contribution in [1.29, 1.82) is 0 Å². The number of aromatic amines is 1. The maximum Gasteiger partial charge on any atom is 0.258 e. The number of benzene rings is 3. The lowest BCUT2D eigenvalue weighted by Gasteiger charge is -2.26. The summed E-state index contributed by atoms with van der Waals surface area (Å²) in [6, 6.07) is 18.9. The molecule has 4 aromatic rings. The smallest absolute Gasteiger partial charge is 0.258 e. The zero-order chi connectivity index (χ0) is 22.0. The van der Waals surface area contributed by atoms with Gasteiger partial charge in [-0.1, -0.05) is 48.0 Å². The average Bonchev–Trinajstić information content (AvgIpc) is 2.76. The highest BCUT2D eigenvalue weighted by Crippen LogP contribution is 2.33. The SMILES string of the molecule is CC(C)N(Cc1nc2ccccc2c(=O)[nH]1)C(=O)CSc1cccc2cccc(Cl)c12. The largest absolute Gasteiger partial charge is 0.332 e. The van der Waals surface area contributed by atoms with Crippen molar-refractivity contribution >= 4 is 50.9 Å². The third-order valence-corrected chi connectivity index (χ3v) is 6.45. The van der Waals surface area contributed by atoms with Gasteiger partial charge in [0.2, 0.25) is 5.91 Å². The standard InChI is InChI=1S/C24H22ClN3O2S/c1-15(2)28(13-21-26-19-11-4-3-9-17(19)24(30)27-21)22(29)14-31-20-12-6-8-16-7-5-10-18(25)23(16)20/h3-12,15H,13-14H2,1-2H3,(H,26,27,30). The Hall–Kier alpha value is -2.83. The van der Waals surface area contributed by atoms with E-state index in [-0.39, 0.29) is 29.8 Å². The Kier molecular flexibility index (Phi) is 6.30. The molecular weight excluding hydrogens is 430 g/mol. The number of H-pyrrole nitrogens is 1. The van der Waals surface area contributed by atoms with Crippen LogP contribution in [0.15, 0.2) is 70.4 Å². The van der Waals surface area contributed by atoms with E-state index in [1.54, 1.807) is 23.1 Å². The molecule has 0 aliphatic carbocycles. The molecule has 4 rings (SSSR count). The van der Waals surface area contributed by atoms with Crippen LogP contribution in [-0.2, 0) is 11.3 Å². The molecule has 0 atom stereocenters. The van der Waals surface area contributed by atoms with Gasteiger partial charge < -0.3 is 9.88 Å². The Bertz CT molecular complexity index is 1310. The molecule has 0 fully saturated rings. The third-order valence-electron chi connectivity index (χ3n) is 5.09. The van der Waals surface area contributed by atoms with Crippen molar-refractivity contribution in [2.24, 2.45) is 0 Å². The summed E-state index contributed by atoms with van der Waals surface area (Å²) in [7, 11) is 0. The van der Waals surface area contributed by atoms with Crippen molar-refractivity contribution in [2.45, 2.75) is 31.3 Å². The van der Waals surface area contributed by atoms with Gasteiger partial charge in [0.05, 0.1) is 23.2 Å². The number of nitrogens with one attached hydrogen (secondary N) is 1. The summed E-state index contributed by atoms with van der Waals surface area (Å²) < 4.78 is 0. The monoisotopic (exact) mass is 451 g/mol. The highest BCUT2D eigenvalue weighted by atomic mass is 35.5. The molecule has 1 amide bonds. The van der Waals surface area contributed by atoms with Crippen LogP contribution in [0.4, 0.5) is 0 Å². The lowest BCUT2D eigenvalue weighted by Crippen LogP contribution is -2.38. The van der Waals surface area contributed by atoms with E-state index < -0.39 is 0 Å². The zero-order valence-electron chi connectivity index (χ0n) is 17.3. The molecule has 0 saturated carbocycles.